The van der Waals surface area contributed by atoms with Crippen molar-refractivity contribution >= 4 is 23.1 Å². The fourth-order valence-electron chi connectivity index (χ4n) is 1.97. The van der Waals surface area contributed by atoms with E-state index in [1.54, 1.807) is 25.1 Å². The molecule has 1 N–H and O–H groups in total. The quantitative estimate of drug-likeness (QED) is 0.518. The highest BCUT2D eigenvalue weighted by Crippen LogP contribution is 2.19. The van der Waals surface area contributed by atoms with Crippen LogP contribution in [0.1, 0.15) is 34.1 Å². The van der Waals surface area contributed by atoms with Crippen LogP contribution in [0.15, 0.2) is 42.5 Å². The zero-order chi connectivity index (χ0) is 17.0. The van der Waals surface area contributed by atoms with Crippen LogP contribution >= 0.6 is 0 Å². The molecular formula is C16H13FN2O4. The standard InChI is InChI=1S/C16H13FN2O4/c1-2-15(20)10-4-3-5-11(8-10)18-16(21)13-7-6-12(19(22)23)9-14(13)17/h3-9H,2H2,1H3,(H,18,21). The van der Waals surface area contributed by atoms with E-state index in [0.29, 0.717) is 23.7 Å². The van der Waals surface area contributed by atoms with Crippen molar-refractivity contribution in [2.24, 2.45) is 0 Å². The Kier molecular flexibility index (Phi) is 4.80. The molecule has 2 aromatic rings. The van der Waals surface area contributed by atoms with Crippen molar-refractivity contribution in [3.05, 3.63) is 69.5 Å². The minimum absolute atomic E-state index is 0.0809. The van der Waals surface area contributed by atoms with Gasteiger partial charge in [0.05, 0.1) is 16.6 Å². The van der Waals surface area contributed by atoms with Crippen molar-refractivity contribution in [3.63, 3.8) is 0 Å². The van der Waals surface area contributed by atoms with Crippen LogP contribution in [0.25, 0.3) is 0 Å². The molecule has 23 heavy (non-hydrogen) atoms. The molecule has 0 unspecified atom stereocenters. The van der Waals surface area contributed by atoms with E-state index >= 15 is 0 Å². The van der Waals surface area contributed by atoms with Crippen LogP contribution in [-0.4, -0.2) is 16.6 Å². The lowest BCUT2D eigenvalue weighted by molar-refractivity contribution is -0.385. The Labute approximate surface area is 131 Å². The van der Waals surface area contributed by atoms with Gasteiger partial charge in [-0.05, 0) is 18.2 Å². The van der Waals surface area contributed by atoms with Crippen molar-refractivity contribution in [2.75, 3.05) is 5.32 Å². The highest BCUT2D eigenvalue weighted by atomic mass is 19.1. The van der Waals surface area contributed by atoms with Gasteiger partial charge in [-0.25, -0.2) is 4.39 Å². The Bertz CT molecular complexity index is 789. The van der Waals surface area contributed by atoms with E-state index in [2.05, 4.69) is 5.32 Å². The number of nitrogens with one attached hydrogen (secondary N) is 1. The van der Waals surface area contributed by atoms with Crippen molar-refractivity contribution in [3.8, 4) is 0 Å². The molecule has 0 atom stereocenters. The normalized spacial score (nSPS) is 10.2. The van der Waals surface area contributed by atoms with E-state index in [4.69, 9.17) is 0 Å². The van der Waals surface area contributed by atoms with E-state index in [9.17, 15) is 24.1 Å². The molecule has 6 nitrogen and oxygen atoms in total. The number of hydrogen-bond donors (Lipinski definition) is 1. The largest absolute Gasteiger partial charge is 0.322 e. The Hall–Kier alpha value is -3.09. The van der Waals surface area contributed by atoms with Crippen LogP contribution in [0.3, 0.4) is 0 Å². The van der Waals surface area contributed by atoms with Gasteiger partial charge in [-0.1, -0.05) is 19.1 Å². The molecule has 0 heterocycles. The highest BCUT2D eigenvalue weighted by Gasteiger charge is 2.16. The van der Waals surface area contributed by atoms with Gasteiger partial charge in [-0.15, -0.1) is 0 Å². The van der Waals surface area contributed by atoms with Crippen molar-refractivity contribution in [1.29, 1.82) is 0 Å². The SMILES string of the molecule is CCC(=O)c1cccc(NC(=O)c2ccc([N+](=O)[O-])cc2F)c1. The predicted octanol–water partition coefficient (Wildman–Crippen LogP) is 3.58. The monoisotopic (exact) mass is 316 g/mol. The molecule has 0 aromatic heterocycles. The minimum Gasteiger partial charge on any atom is -0.322 e. The number of carbonyl (C=O) groups excluding carboxylic acids is 2. The number of benzene rings is 2. The number of hydrogen-bond acceptors (Lipinski definition) is 4. The lowest BCUT2D eigenvalue weighted by atomic mass is 10.1. The molecule has 2 rings (SSSR count). The van der Waals surface area contributed by atoms with Gasteiger partial charge in [0, 0.05) is 23.7 Å². The molecule has 0 aliphatic carbocycles. The molecule has 7 heteroatoms. The number of rotatable bonds is 5. The highest BCUT2D eigenvalue weighted by molar-refractivity contribution is 6.05. The summed E-state index contributed by atoms with van der Waals surface area (Å²) in [7, 11) is 0. The van der Waals surface area contributed by atoms with Gasteiger partial charge in [-0.3, -0.25) is 19.7 Å². The lowest BCUT2D eigenvalue weighted by Gasteiger charge is -2.07. The van der Waals surface area contributed by atoms with Crippen LogP contribution in [0.5, 0.6) is 0 Å². The molecule has 1 amide bonds. The first-order valence-corrected chi connectivity index (χ1v) is 6.81. The molecule has 2 aromatic carbocycles. The number of nitro benzene ring substituents is 1. The van der Waals surface area contributed by atoms with Gasteiger partial charge in [0.25, 0.3) is 11.6 Å². The second-order valence-corrected chi connectivity index (χ2v) is 4.73. The molecule has 0 bridgehead atoms. The van der Waals surface area contributed by atoms with Gasteiger partial charge in [0.1, 0.15) is 5.82 Å². The Morgan fingerprint density at radius 3 is 2.57 bits per heavy atom. The molecule has 118 valence electrons. The van der Waals surface area contributed by atoms with Gasteiger partial charge in [0.15, 0.2) is 5.78 Å². The van der Waals surface area contributed by atoms with E-state index in [0.717, 1.165) is 12.1 Å². The summed E-state index contributed by atoms with van der Waals surface area (Å²) in [5, 5.41) is 13.0. The number of nitrogens with zero attached hydrogens (tertiary/aromatic N) is 1. The number of amides is 1. The summed E-state index contributed by atoms with van der Waals surface area (Å²) in [5.74, 6) is -1.82. The topological polar surface area (TPSA) is 89.3 Å². The summed E-state index contributed by atoms with van der Waals surface area (Å²) in [6, 6.07) is 9.06. The minimum atomic E-state index is -0.988. The first-order valence-electron chi connectivity index (χ1n) is 6.81. The zero-order valence-corrected chi connectivity index (χ0v) is 12.2. The maximum Gasteiger partial charge on any atom is 0.272 e. The van der Waals surface area contributed by atoms with Crippen molar-refractivity contribution < 1.29 is 18.9 Å². The van der Waals surface area contributed by atoms with Gasteiger partial charge < -0.3 is 5.32 Å². The average Bonchev–Trinajstić information content (AvgIpc) is 2.53. The molecule has 0 aliphatic heterocycles. The van der Waals surface area contributed by atoms with Crippen LogP contribution in [0, 0.1) is 15.9 Å². The number of halogens is 1. The van der Waals surface area contributed by atoms with Crippen LogP contribution in [0.4, 0.5) is 15.8 Å². The van der Waals surface area contributed by atoms with E-state index in [-0.39, 0.29) is 11.3 Å². The number of Topliss-reactive ketones (excluding diaryl/α,β-unsaturated/α-hetero) is 1. The van der Waals surface area contributed by atoms with E-state index in [1.165, 1.54) is 6.07 Å². The third-order valence-corrected chi connectivity index (χ3v) is 3.17. The Morgan fingerprint density at radius 1 is 1.22 bits per heavy atom. The fraction of sp³-hybridized carbons (Fsp3) is 0.125. The van der Waals surface area contributed by atoms with E-state index in [1.807, 2.05) is 0 Å². The fourth-order valence-corrected chi connectivity index (χ4v) is 1.97. The maximum absolute atomic E-state index is 13.8. The summed E-state index contributed by atoms with van der Waals surface area (Å²) in [6.07, 6.45) is 0.328. The molecule has 0 radical (unpaired) electrons. The summed E-state index contributed by atoms with van der Waals surface area (Å²) < 4.78 is 13.8. The van der Waals surface area contributed by atoms with Crippen molar-refractivity contribution in [2.45, 2.75) is 13.3 Å². The number of carbonyl (C=O) groups is 2. The van der Waals surface area contributed by atoms with Crippen LogP contribution < -0.4 is 5.32 Å². The molecule has 0 aliphatic rings. The number of anilines is 1. The molecule has 0 saturated heterocycles. The molecule has 0 spiro atoms. The first-order chi connectivity index (χ1) is 10.9. The lowest BCUT2D eigenvalue weighted by Crippen LogP contribution is -2.14. The second-order valence-electron chi connectivity index (χ2n) is 4.73. The van der Waals surface area contributed by atoms with E-state index < -0.39 is 22.3 Å². The molecule has 0 fully saturated rings. The summed E-state index contributed by atoms with van der Waals surface area (Å²) >= 11 is 0. The van der Waals surface area contributed by atoms with Crippen LogP contribution in [-0.2, 0) is 0 Å². The zero-order valence-electron chi connectivity index (χ0n) is 12.2. The predicted molar refractivity (Wildman–Crippen MR) is 82.1 cm³/mol. The average molecular weight is 316 g/mol. The Morgan fingerprint density at radius 2 is 1.96 bits per heavy atom. The summed E-state index contributed by atoms with van der Waals surface area (Å²) in [5.41, 5.74) is 0.0268. The molecular weight excluding hydrogens is 303 g/mol. The van der Waals surface area contributed by atoms with Gasteiger partial charge >= 0.3 is 0 Å². The molecule has 0 saturated carbocycles. The first kappa shape index (κ1) is 16.3. The Balaban J connectivity index is 2.22. The third kappa shape index (κ3) is 3.76. The summed E-state index contributed by atoms with van der Waals surface area (Å²) in [4.78, 5) is 33.5. The number of nitro groups is 1. The number of ketones is 1. The second kappa shape index (κ2) is 6.78. The third-order valence-electron chi connectivity index (χ3n) is 3.17. The van der Waals surface area contributed by atoms with Crippen LogP contribution in [0.2, 0.25) is 0 Å². The van der Waals surface area contributed by atoms with Gasteiger partial charge in [-0.2, -0.15) is 0 Å². The smallest absolute Gasteiger partial charge is 0.272 e. The maximum atomic E-state index is 13.8. The van der Waals surface area contributed by atoms with Gasteiger partial charge in [0.2, 0.25) is 0 Å². The number of non-ortho nitro benzene ring substituents is 1. The summed E-state index contributed by atoms with van der Waals surface area (Å²) in [6.45, 7) is 1.72. The van der Waals surface area contributed by atoms with Crippen molar-refractivity contribution in [1.82, 2.24) is 0 Å².